The van der Waals surface area contributed by atoms with Gasteiger partial charge in [0.25, 0.3) is 5.91 Å². The number of carbonyl (C=O) groups excluding carboxylic acids is 1. The van der Waals surface area contributed by atoms with Gasteiger partial charge in [0.15, 0.2) is 0 Å². The summed E-state index contributed by atoms with van der Waals surface area (Å²) < 4.78 is 0. The van der Waals surface area contributed by atoms with Crippen molar-refractivity contribution in [1.82, 2.24) is 4.90 Å². The zero-order chi connectivity index (χ0) is 12.5. The standard InChI is InChI=1S/C16H21NO/c1-12-5-4-8-13(9-12)16(18)17-10-14-6-2-3-7-15(14)11-17/h4-5,8-9,14-15H,2-3,6-7,10-11H2,1H3. The van der Waals surface area contributed by atoms with Crippen molar-refractivity contribution in [3.8, 4) is 0 Å². The molecule has 2 aliphatic rings. The number of amides is 1. The van der Waals surface area contributed by atoms with Crippen molar-refractivity contribution in [2.45, 2.75) is 32.6 Å². The fourth-order valence-electron chi connectivity index (χ4n) is 3.53. The molecule has 96 valence electrons. The van der Waals surface area contributed by atoms with Crippen molar-refractivity contribution in [2.24, 2.45) is 11.8 Å². The van der Waals surface area contributed by atoms with Crippen molar-refractivity contribution in [3.63, 3.8) is 0 Å². The summed E-state index contributed by atoms with van der Waals surface area (Å²) in [5, 5.41) is 0. The molecule has 2 atom stereocenters. The van der Waals surface area contributed by atoms with E-state index in [1.54, 1.807) is 0 Å². The summed E-state index contributed by atoms with van der Waals surface area (Å²) in [6, 6.07) is 7.97. The van der Waals surface area contributed by atoms with Crippen molar-refractivity contribution < 1.29 is 4.79 Å². The SMILES string of the molecule is Cc1cccc(C(=O)N2CC3CCCCC3C2)c1. The molecule has 1 amide bonds. The molecule has 1 aliphatic carbocycles. The van der Waals surface area contributed by atoms with Crippen LogP contribution in [0.15, 0.2) is 24.3 Å². The molecule has 1 saturated heterocycles. The van der Waals surface area contributed by atoms with E-state index >= 15 is 0 Å². The van der Waals surface area contributed by atoms with Crippen molar-refractivity contribution in [1.29, 1.82) is 0 Å². The second-order valence-corrected chi connectivity index (χ2v) is 5.88. The van der Waals surface area contributed by atoms with Gasteiger partial charge in [-0.25, -0.2) is 0 Å². The average molecular weight is 243 g/mol. The van der Waals surface area contributed by atoms with Gasteiger partial charge in [0.05, 0.1) is 0 Å². The van der Waals surface area contributed by atoms with Crippen LogP contribution in [-0.2, 0) is 0 Å². The molecule has 0 N–H and O–H groups in total. The second-order valence-electron chi connectivity index (χ2n) is 5.88. The van der Waals surface area contributed by atoms with Crippen LogP contribution in [0, 0.1) is 18.8 Å². The molecular formula is C16H21NO. The summed E-state index contributed by atoms with van der Waals surface area (Å²) in [4.78, 5) is 14.5. The van der Waals surface area contributed by atoms with Gasteiger partial charge in [-0.1, -0.05) is 30.5 Å². The molecule has 2 heteroatoms. The van der Waals surface area contributed by atoms with Gasteiger partial charge in [-0.15, -0.1) is 0 Å². The number of carbonyl (C=O) groups is 1. The number of aryl methyl sites for hydroxylation is 1. The smallest absolute Gasteiger partial charge is 0.253 e. The van der Waals surface area contributed by atoms with E-state index in [0.717, 1.165) is 36.1 Å². The number of benzene rings is 1. The highest BCUT2D eigenvalue weighted by Gasteiger charge is 2.36. The molecule has 1 heterocycles. The van der Waals surface area contributed by atoms with E-state index in [1.807, 2.05) is 31.2 Å². The summed E-state index contributed by atoms with van der Waals surface area (Å²) in [5.41, 5.74) is 2.02. The first kappa shape index (κ1) is 11.8. The Morgan fingerprint density at radius 1 is 1.17 bits per heavy atom. The van der Waals surface area contributed by atoms with Crippen LogP contribution >= 0.6 is 0 Å². The fourth-order valence-corrected chi connectivity index (χ4v) is 3.53. The average Bonchev–Trinajstić information content (AvgIpc) is 2.81. The number of likely N-dealkylation sites (tertiary alicyclic amines) is 1. The van der Waals surface area contributed by atoms with Gasteiger partial charge in [0.1, 0.15) is 0 Å². The lowest BCUT2D eigenvalue weighted by Gasteiger charge is -2.22. The molecule has 0 spiro atoms. The maximum atomic E-state index is 12.5. The lowest BCUT2D eigenvalue weighted by Crippen LogP contribution is -2.29. The van der Waals surface area contributed by atoms with E-state index in [0.29, 0.717) is 0 Å². The quantitative estimate of drug-likeness (QED) is 0.741. The van der Waals surface area contributed by atoms with E-state index in [1.165, 1.54) is 25.7 Å². The maximum Gasteiger partial charge on any atom is 0.253 e. The molecule has 3 rings (SSSR count). The molecule has 2 unspecified atom stereocenters. The van der Waals surface area contributed by atoms with Crippen LogP contribution in [0.25, 0.3) is 0 Å². The minimum Gasteiger partial charge on any atom is -0.338 e. The molecule has 18 heavy (non-hydrogen) atoms. The van der Waals surface area contributed by atoms with Gasteiger partial charge in [0, 0.05) is 18.7 Å². The summed E-state index contributed by atoms with van der Waals surface area (Å²) in [6.45, 7) is 4.01. The highest BCUT2D eigenvalue weighted by Crippen LogP contribution is 2.36. The third-order valence-electron chi connectivity index (χ3n) is 4.53. The van der Waals surface area contributed by atoms with E-state index in [2.05, 4.69) is 4.90 Å². The van der Waals surface area contributed by atoms with Gasteiger partial charge in [0.2, 0.25) is 0 Å². The first-order valence-electron chi connectivity index (χ1n) is 7.10. The van der Waals surface area contributed by atoms with Gasteiger partial charge < -0.3 is 4.90 Å². The summed E-state index contributed by atoms with van der Waals surface area (Å²) >= 11 is 0. The van der Waals surface area contributed by atoms with E-state index < -0.39 is 0 Å². The van der Waals surface area contributed by atoms with Gasteiger partial charge in [-0.2, -0.15) is 0 Å². The Labute approximate surface area is 109 Å². The Morgan fingerprint density at radius 2 is 1.83 bits per heavy atom. The molecule has 2 nitrogen and oxygen atoms in total. The molecular weight excluding hydrogens is 222 g/mol. The number of nitrogens with zero attached hydrogens (tertiary/aromatic N) is 1. The third kappa shape index (κ3) is 2.16. The van der Waals surface area contributed by atoms with E-state index in [9.17, 15) is 4.79 Å². The molecule has 2 fully saturated rings. The van der Waals surface area contributed by atoms with Crippen molar-refractivity contribution >= 4 is 5.91 Å². The predicted octanol–water partition coefficient (Wildman–Crippen LogP) is 3.26. The molecule has 0 radical (unpaired) electrons. The number of fused-ring (bicyclic) bond motifs is 1. The van der Waals surface area contributed by atoms with Crippen LogP contribution in [-0.4, -0.2) is 23.9 Å². The minimum atomic E-state index is 0.230. The Balaban J connectivity index is 1.74. The molecule has 0 bridgehead atoms. The molecule has 1 aromatic rings. The van der Waals surface area contributed by atoms with E-state index in [4.69, 9.17) is 0 Å². The molecule has 1 aromatic carbocycles. The summed E-state index contributed by atoms with van der Waals surface area (Å²) in [6.07, 6.45) is 5.35. The minimum absolute atomic E-state index is 0.230. The predicted molar refractivity (Wildman–Crippen MR) is 72.5 cm³/mol. The Morgan fingerprint density at radius 3 is 2.44 bits per heavy atom. The zero-order valence-corrected chi connectivity index (χ0v) is 11.1. The largest absolute Gasteiger partial charge is 0.338 e. The Hall–Kier alpha value is -1.31. The third-order valence-corrected chi connectivity index (χ3v) is 4.53. The van der Waals surface area contributed by atoms with Gasteiger partial charge in [-0.3, -0.25) is 4.79 Å². The van der Waals surface area contributed by atoms with Crippen molar-refractivity contribution in [3.05, 3.63) is 35.4 Å². The normalized spacial score (nSPS) is 27.1. The first-order valence-corrected chi connectivity index (χ1v) is 7.10. The second kappa shape index (κ2) is 4.75. The highest BCUT2D eigenvalue weighted by molar-refractivity contribution is 5.94. The zero-order valence-electron chi connectivity index (χ0n) is 11.1. The van der Waals surface area contributed by atoms with Crippen LogP contribution in [0.2, 0.25) is 0 Å². The van der Waals surface area contributed by atoms with Gasteiger partial charge >= 0.3 is 0 Å². The lowest BCUT2D eigenvalue weighted by atomic mass is 9.82. The first-order chi connectivity index (χ1) is 8.74. The van der Waals surface area contributed by atoms with Crippen LogP contribution < -0.4 is 0 Å². The number of rotatable bonds is 1. The van der Waals surface area contributed by atoms with Crippen LogP contribution in [0.3, 0.4) is 0 Å². The Kier molecular flexibility index (Phi) is 3.11. The Bertz CT molecular complexity index is 440. The monoisotopic (exact) mass is 243 g/mol. The lowest BCUT2D eigenvalue weighted by molar-refractivity contribution is 0.0784. The maximum absolute atomic E-state index is 12.5. The topological polar surface area (TPSA) is 20.3 Å². The van der Waals surface area contributed by atoms with Crippen LogP contribution in [0.1, 0.15) is 41.6 Å². The highest BCUT2D eigenvalue weighted by atomic mass is 16.2. The summed E-state index contributed by atoms with van der Waals surface area (Å²) in [7, 11) is 0. The number of hydrogen-bond acceptors (Lipinski definition) is 1. The van der Waals surface area contributed by atoms with Crippen LogP contribution in [0.4, 0.5) is 0 Å². The van der Waals surface area contributed by atoms with Crippen LogP contribution in [0.5, 0.6) is 0 Å². The molecule has 1 aliphatic heterocycles. The fraction of sp³-hybridized carbons (Fsp3) is 0.562. The summed E-state index contributed by atoms with van der Waals surface area (Å²) in [5.74, 6) is 1.77. The molecule has 0 aromatic heterocycles. The van der Waals surface area contributed by atoms with E-state index in [-0.39, 0.29) is 5.91 Å². The number of hydrogen-bond donors (Lipinski definition) is 0. The van der Waals surface area contributed by atoms with Crippen molar-refractivity contribution in [2.75, 3.05) is 13.1 Å². The van der Waals surface area contributed by atoms with Gasteiger partial charge in [-0.05, 0) is 43.7 Å². The molecule has 1 saturated carbocycles.